The molecule has 4 heterocycles. The van der Waals surface area contributed by atoms with Gasteiger partial charge in [0.25, 0.3) is 0 Å². The lowest BCUT2D eigenvalue weighted by Crippen LogP contribution is -2.44. The summed E-state index contributed by atoms with van der Waals surface area (Å²) in [6.45, 7) is 5.36. The van der Waals surface area contributed by atoms with E-state index in [0.717, 1.165) is 24.3 Å². The number of hydrogen-bond acceptors (Lipinski definition) is 11. The van der Waals surface area contributed by atoms with Gasteiger partial charge in [-0.1, -0.05) is 24.3 Å². The average Bonchev–Trinajstić information content (AvgIpc) is 3.75. The van der Waals surface area contributed by atoms with E-state index in [1.54, 1.807) is 27.9 Å². The number of aryl methyl sites for hydroxylation is 2. The zero-order valence-electron chi connectivity index (χ0n) is 35.7. The van der Waals surface area contributed by atoms with Crippen LogP contribution in [0.5, 0.6) is 11.5 Å². The molecule has 2 aliphatic rings. The van der Waals surface area contributed by atoms with Gasteiger partial charge in [-0.15, -0.1) is 0 Å². The molecule has 2 fully saturated rings. The zero-order chi connectivity index (χ0) is 48.0. The SMILES string of the molecule is CC(=NNC(=S)N1CCC(C(=O)O)CC1)c1nn(C)c(-c2ccc(C(F)(F)F)cc2)c1O.COC(=O)C1CCN(C(=S)NN=C(C)c2nn(C)c(-c3ccc(C(F)(F)F)cc3)c2O)CC1. The number of aliphatic carboxylic acids is 1. The highest BCUT2D eigenvalue weighted by atomic mass is 32.1. The molecule has 2 saturated heterocycles. The van der Waals surface area contributed by atoms with Crippen LogP contribution in [0, 0.1) is 11.8 Å². The molecule has 2 aromatic heterocycles. The number of carbonyl (C=O) groups is 2. The van der Waals surface area contributed by atoms with Crippen LogP contribution in [-0.4, -0.2) is 112 Å². The smallest absolute Gasteiger partial charge is 0.416 e. The molecule has 0 spiro atoms. The topological polar surface area (TPSA) is 195 Å². The van der Waals surface area contributed by atoms with Gasteiger partial charge in [0.15, 0.2) is 33.1 Å². The minimum absolute atomic E-state index is 0.145. The number of nitrogens with one attached hydrogen (secondary N) is 2. The van der Waals surface area contributed by atoms with Crippen molar-refractivity contribution < 1.29 is 56.0 Å². The Hall–Kier alpha value is -6.30. The van der Waals surface area contributed by atoms with E-state index in [0.29, 0.717) is 84.6 Å². The van der Waals surface area contributed by atoms with Crippen LogP contribution in [0.2, 0.25) is 0 Å². The second kappa shape index (κ2) is 20.7. The number of ether oxygens (including phenoxy) is 1. The number of carboxylic acids is 1. The minimum Gasteiger partial charge on any atom is -0.504 e. The Balaban J connectivity index is 0.000000244. The molecule has 0 unspecified atom stereocenters. The maximum absolute atomic E-state index is 12.8. The molecule has 2 aliphatic heterocycles. The number of aromatic nitrogens is 4. The molecule has 6 rings (SSSR count). The second-order valence-electron chi connectivity index (χ2n) is 15.1. The number of alkyl halides is 6. The van der Waals surface area contributed by atoms with Crippen LogP contribution in [0.3, 0.4) is 0 Å². The highest BCUT2D eigenvalue weighted by molar-refractivity contribution is 7.80. The Morgan fingerprint density at radius 2 is 1.02 bits per heavy atom. The highest BCUT2D eigenvalue weighted by Gasteiger charge is 2.32. The van der Waals surface area contributed by atoms with Gasteiger partial charge in [-0.3, -0.25) is 29.8 Å². The number of likely N-dealkylation sites (tertiary alicyclic amines) is 2. The molecule has 2 aromatic carbocycles. The van der Waals surface area contributed by atoms with Crippen LogP contribution in [0.4, 0.5) is 26.3 Å². The Labute approximate surface area is 379 Å². The van der Waals surface area contributed by atoms with Crippen LogP contribution in [-0.2, 0) is 40.8 Å². The summed E-state index contributed by atoms with van der Waals surface area (Å²) in [4.78, 5) is 26.4. The molecule has 0 aliphatic carbocycles. The number of methoxy groups -OCH3 is 1. The van der Waals surface area contributed by atoms with Crippen LogP contribution in [0.1, 0.15) is 62.0 Å². The molecular weight excluding hydrogens is 907 g/mol. The van der Waals surface area contributed by atoms with E-state index in [1.807, 2.05) is 9.80 Å². The van der Waals surface area contributed by atoms with Crippen LogP contribution >= 0.6 is 24.4 Å². The molecule has 16 nitrogen and oxygen atoms in total. The fraction of sp³-hybridized carbons (Fsp3) is 0.415. The number of hydrogen-bond donors (Lipinski definition) is 5. The monoisotopic (exact) mass is 952 g/mol. The van der Waals surface area contributed by atoms with Crippen molar-refractivity contribution in [2.24, 2.45) is 36.1 Å². The third-order valence-corrected chi connectivity index (χ3v) is 11.5. The third kappa shape index (κ3) is 12.1. The molecule has 0 bridgehead atoms. The van der Waals surface area contributed by atoms with Crippen LogP contribution < -0.4 is 10.9 Å². The van der Waals surface area contributed by atoms with E-state index < -0.39 is 29.4 Å². The summed E-state index contributed by atoms with van der Waals surface area (Å²) >= 11 is 10.7. The first-order chi connectivity index (χ1) is 30.5. The number of halogens is 6. The standard InChI is InChI=1S/C21H24F3N5O3S.C20H22F3N5O3S/c1-12(25-26-20(33)29-10-8-14(9-11-29)19(31)32-3)16-18(30)17(28(2)27-16)13-4-6-15(7-5-13)21(22,23)24;1-11(24-25-19(32)28-9-7-13(8-10-28)18(30)31)15-17(29)16(27(2)26-15)12-3-5-14(6-4-12)20(21,22)23/h4-7,14,30H,8-11H2,1-3H3,(H,26,33);3-6,13,29H,7-10H2,1-2H3,(H,25,32)(H,30,31). The first-order valence-corrected chi connectivity index (χ1v) is 20.7. The molecule has 0 atom stereocenters. The predicted molar refractivity (Wildman–Crippen MR) is 235 cm³/mol. The lowest BCUT2D eigenvalue weighted by atomic mass is 9.97. The number of esters is 1. The van der Waals surface area contributed by atoms with E-state index in [-0.39, 0.29) is 52.1 Å². The van der Waals surface area contributed by atoms with E-state index in [1.165, 1.54) is 40.7 Å². The van der Waals surface area contributed by atoms with Crippen LogP contribution in [0.15, 0.2) is 58.7 Å². The van der Waals surface area contributed by atoms with Crippen LogP contribution in [0.25, 0.3) is 22.5 Å². The predicted octanol–water partition coefficient (Wildman–Crippen LogP) is 6.50. The Kier molecular flexibility index (Phi) is 15.8. The number of piperidine rings is 2. The summed E-state index contributed by atoms with van der Waals surface area (Å²) in [6, 6.07) is 8.87. The number of benzene rings is 2. The van der Waals surface area contributed by atoms with Gasteiger partial charge >= 0.3 is 24.3 Å². The number of carboxylic acid groups (broad SMARTS) is 1. The number of thiocarbonyl (C=S) groups is 2. The van der Waals surface area contributed by atoms with Gasteiger partial charge < -0.3 is 29.9 Å². The largest absolute Gasteiger partial charge is 0.504 e. The van der Waals surface area contributed by atoms with E-state index in [2.05, 4.69) is 31.3 Å². The Morgan fingerprint density at radius 3 is 1.32 bits per heavy atom. The summed E-state index contributed by atoms with van der Waals surface area (Å²) in [5.41, 5.74) is 6.19. The highest BCUT2D eigenvalue weighted by Crippen LogP contribution is 2.37. The molecule has 0 radical (unpaired) electrons. The van der Waals surface area contributed by atoms with Crippen molar-refractivity contribution in [3.63, 3.8) is 0 Å². The molecule has 350 valence electrons. The fourth-order valence-corrected chi connectivity index (χ4v) is 7.58. The van der Waals surface area contributed by atoms with E-state index in [9.17, 15) is 46.1 Å². The fourth-order valence-electron chi connectivity index (χ4n) is 7.12. The zero-order valence-corrected chi connectivity index (χ0v) is 37.3. The molecule has 65 heavy (non-hydrogen) atoms. The second-order valence-corrected chi connectivity index (χ2v) is 15.9. The van der Waals surface area contributed by atoms with Crippen molar-refractivity contribution in [3.05, 3.63) is 71.0 Å². The lowest BCUT2D eigenvalue weighted by Gasteiger charge is -2.31. The number of hydrazone groups is 2. The van der Waals surface area contributed by atoms with Gasteiger partial charge in [0.2, 0.25) is 0 Å². The summed E-state index contributed by atoms with van der Waals surface area (Å²) in [5.74, 6) is -1.99. The minimum atomic E-state index is -4.45. The maximum Gasteiger partial charge on any atom is 0.416 e. The molecular formula is C41H46F6N10O6S2. The van der Waals surface area contributed by atoms with Gasteiger partial charge in [0.05, 0.1) is 41.5 Å². The summed E-state index contributed by atoms with van der Waals surface area (Å²) in [6.07, 6.45) is -6.69. The van der Waals surface area contributed by atoms with Gasteiger partial charge in [-0.2, -0.15) is 46.7 Å². The van der Waals surface area contributed by atoms with Gasteiger partial charge in [0.1, 0.15) is 11.4 Å². The first kappa shape index (κ1) is 49.7. The Morgan fingerprint density at radius 1 is 0.677 bits per heavy atom. The number of nitrogens with zero attached hydrogens (tertiary/aromatic N) is 8. The van der Waals surface area contributed by atoms with E-state index >= 15 is 0 Å². The van der Waals surface area contributed by atoms with Crippen molar-refractivity contribution >= 4 is 58.0 Å². The van der Waals surface area contributed by atoms with Gasteiger partial charge in [-0.05, 0) is 88.2 Å². The number of rotatable bonds is 8. The normalized spacial score (nSPS) is 15.6. The van der Waals surface area contributed by atoms with E-state index in [4.69, 9.17) is 34.3 Å². The van der Waals surface area contributed by atoms with Crippen molar-refractivity contribution in [1.82, 2.24) is 40.2 Å². The molecule has 24 heteroatoms. The van der Waals surface area contributed by atoms with Crippen molar-refractivity contribution in [3.8, 4) is 34.0 Å². The summed E-state index contributed by atoms with van der Waals surface area (Å²) in [5, 5.41) is 47.9. The maximum atomic E-state index is 12.8. The number of aromatic hydroxyl groups is 2. The Bertz CT molecular complexity index is 2440. The van der Waals surface area contributed by atoms with Gasteiger partial charge in [-0.25, -0.2) is 0 Å². The molecule has 0 saturated carbocycles. The first-order valence-electron chi connectivity index (χ1n) is 19.9. The lowest BCUT2D eigenvalue weighted by molar-refractivity contribution is -0.147. The van der Waals surface area contributed by atoms with Crippen molar-refractivity contribution in [2.75, 3.05) is 33.3 Å². The van der Waals surface area contributed by atoms with Crippen molar-refractivity contribution in [2.45, 2.75) is 51.9 Å². The molecule has 4 aromatic rings. The van der Waals surface area contributed by atoms with Crippen molar-refractivity contribution in [1.29, 1.82) is 0 Å². The molecule has 0 amide bonds. The van der Waals surface area contributed by atoms with Gasteiger partial charge in [0, 0.05) is 51.4 Å². The summed E-state index contributed by atoms with van der Waals surface area (Å²) in [7, 11) is 4.51. The summed E-state index contributed by atoms with van der Waals surface area (Å²) < 4.78 is 84.4. The molecule has 5 N–H and O–H groups in total. The average molecular weight is 953 g/mol. The quantitative estimate of drug-likeness (QED) is 0.0422. The third-order valence-electron chi connectivity index (χ3n) is 10.8. The number of carbonyl (C=O) groups excluding carboxylic acids is 1.